The summed E-state index contributed by atoms with van der Waals surface area (Å²) in [7, 11) is 0. The van der Waals surface area contributed by atoms with Crippen LogP contribution in [-0.2, 0) is 0 Å². The number of rotatable bonds is 2. The molecule has 0 saturated heterocycles. The summed E-state index contributed by atoms with van der Waals surface area (Å²) >= 11 is 0. The first kappa shape index (κ1) is 9.76. The lowest BCUT2D eigenvalue weighted by molar-refractivity contribution is 0.0955. The van der Waals surface area contributed by atoms with Crippen LogP contribution >= 0.6 is 0 Å². The van der Waals surface area contributed by atoms with Gasteiger partial charge in [0.05, 0.1) is 0 Å². The molecule has 4 rings (SSSR count). The van der Waals surface area contributed by atoms with Gasteiger partial charge in [0.1, 0.15) is 11.9 Å². The van der Waals surface area contributed by atoms with Gasteiger partial charge in [-0.1, -0.05) is 30.4 Å². The van der Waals surface area contributed by atoms with Crippen LogP contribution in [0.3, 0.4) is 0 Å². The quantitative estimate of drug-likeness (QED) is 0.699. The highest BCUT2D eigenvalue weighted by Crippen LogP contribution is 2.57. The predicted molar refractivity (Wildman–Crippen MR) is 67.8 cm³/mol. The highest BCUT2D eigenvalue weighted by atomic mass is 16.5. The van der Waals surface area contributed by atoms with Crippen LogP contribution in [0.25, 0.3) is 0 Å². The van der Waals surface area contributed by atoms with E-state index in [2.05, 4.69) is 36.4 Å². The second-order valence-corrected chi connectivity index (χ2v) is 5.77. The summed E-state index contributed by atoms with van der Waals surface area (Å²) in [6.07, 6.45) is 9.31. The zero-order chi connectivity index (χ0) is 11.2. The van der Waals surface area contributed by atoms with E-state index in [9.17, 15) is 0 Å². The van der Waals surface area contributed by atoms with Gasteiger partial charge in [0.25, 0.3) is 0 Å². The molecule has 2 fully saturated rings. The van der Waals surface area contributed by atoms with Crippen molar-refractivity contribution in [2.75, 3.05) is 0 Å². The summed E-state index contributed by atoms with van der Waals surface area (Å²) in [5, 5.41) is 0. The number of hydrogen-bond donors (Lipinski definition) is 0. The Morgan fingerprint density at radius 3 is 2.76 bits per heavy atom. The zero-order valence-corrected chi connectivity index (χ0v) is 9.96. The molecule has 88 valence electrons. The fourth-order valence-corrected chi connectivity index (χ4v) is 4.29. The highest BCUT2D eigenvalue weighted by Gasteiger charge is 2.53. The van der Waals surface area contributed by atoms with Crippen molar-refractivity contribution < 1.29 is 4.74 Å². The van der Waals surface area contributed by atoms with Gasteiger partial charge in [-0.3, -0.25) is 0 Å². The van der Waals surface area contributed by atoms with E-state index in [1.54, 1.807) is 0 Å². The summed E-state index contributed by atoms with van der Waals surface area (Å²) in [4.78, 5) is 0. The lowest BCUT2D eigenvalue weighted by Crippen LogP contribution is -2.32. The Balaban J connectivity index is 1.53. The molecule has 17 heavy (non-hydrogen) atoms. The summed E-state index contributed by atoms with van der Waals surface area (Å²) in [5.74, 6) is 4.53. The first-order valence-corrected chi connectivity index (χ1v) is 6.80. The molecule has 0 N–H and O–H groups in total. The fraction of sp³-hybridized carbons (Fsp3) is 0.500. The Morgan fingerprint density at radius 1 is 1.00 bits per heavy atom. The van der Waals surface area contributed by atoms with E-state index < -0.39 is 0 Å². The predicted octanol–water partition coefficient (Wildman–Crippen LogP) is 3.67. The molecule has 0 heterocycles. The van der Waals surface area contributed by atoms with E-state index in [1.165, 1.54) is 19.3 Å². The maximum atomic E-state index is 6.18. The van der Waals surface area contributed by atoms with Gasteiger partial charge in [-0.25, -0.2) is 0 Å². The Morgan fingerprint density at radius 2 is 1.88 bits per heavy atom. The smallest absolute Gasteiger partial charge is 0.119 e. The molecule has 2 saturated carbocycles. The molecule has 0 spiro atoms. The molecular formula is C16H18O. The zero-order valence-electron chi connectivity index (χ0n) is 9.96. The minimum Gasteiger partial charge on any atom is -0.490 e. The topological polar surface area (TPSA) is 9.23 Å². The molecule has 0 aliphatic heterocycles. The van der Waals surface area contributed by atoms with Gasteiger partial charge in [-0.15, -0.1) is 0 Å². The first-order valence-electron chi connectivity index (χ1n) is 6.80. The molecule has 1 nitrogen and oxygen atoms in total. The van der Waals surface area contributed by atoms with Crippen LogP contribution in [0.5, 0.6) is 5.75 Å². The molecule has 1 aromatic carbocycles. The minimum absolute atomic E-state index is 0.464. The van der Waals surface area contributed by atoms with E-state index in [1.807, 2.05) is 6.07 Å². The van der Waals surface area contributed by atoms with Crippen molar-refractivity contribution in [3.05, 3.63) is 42.5 Å². The number of allylic oxidation sites excluding steroid dienone is 2. The van der Waals surface area contributed by atoms with Crippen molar-refractivity contribution in [1.82, 2.24) is 0 Å². The standard InChI is InChI=1S/C16H18O/c1-2-5-12(6-3-1)17-16-10-11-9-15(16)14-8-4-7-13(11)14/h1-6,8,11,13-16H,7,9-10H2/t11-,13+,14-,15+,16-/m0/s1. The molecular weight excluding hydrogens is 208 g/mol. The van der Waals surface area contributed by atoms with E-state index in [4.69, 9.17) is 4.74 Å². The number of benzene rings is 1. The molecule has 5 atom stereocenters. The summed E-state index contributed by atoms with van der Waals surface area (Å²) in [5.41, 5.74) is 0. The van der Waals surface area contributed by atoms with Crippen molar-refractivity contribution in [2.45, 2.75) is 25.4 Å². The minimum atomic E-state index is 0.464. The molecule has 3 aliphatic rings. The third-order valence-electron chi connectivity index (χ3n) is 4.98. The fourth-order valence-electron chi connectivity index (χ4n) is 4.29. The molecule has 0 radical (unpaired) electrons. The second kappa shape index (κ2) is 3.63. The second-order valence-electron chi connectivity index (χ2n) is 5.77. The van der Waals surface area contributed by atoms with Gasteiger partial charge in [0.15, 0.2) is 0 Å². The first-order chi connectivity index (χ1) is 8.42. The number of fused-ring (bicyclic) bond motifs is 5. The number of ether oxygens (including phenoxy) is 1. The van der Waals surface area contributed by atoms with E-state index in [0.29, 0.717) is 6.10 Å². The molecule has 0 aromatic heterocycles. The van der Waals surface area contributed by atoms with Crippen LogP contribution in [0.4, 0.5) is 0 Å². The SMILES string of the molecule is C1=C[C@H]2[C@H](C1)[C@H]1C[C@H]2[C@@H](Oc2ccccc2)C1. The van der Waals surface area contributed by atoms with Crippen LogP contribution in [0.1, 0.15) is 19.3 Å². The summed E-state index contributed by atoms with van der Waals surface area (Å²) in [6, 6.07) is 10.3. The molecule has 3 aliphatic carbocycles. The highest BCUT2D eigenvalue weighted by molar-refractivity contribution is 5.23. The summed E-state index contributed by atoms with van der Waals surface area (Å²) in [6.45, 7) is 0. The van der Waals surface area contributed by atoms with Crippen molar-refractivity contribution in [3.8, 4) is 5.75 Å². The average molecular weight is 226 g/mol. The Hall–Kier alpha value is -1.24. The molecule has 1 heteroatoms. The van der Waals surface area contributed by atoms with Gasteiger partial charge < -0.3 is 4.74 Å². The van der Waals surface area contributed by atoms with E-state index in [-0.39, 0.29) is 0 Å². The van der Waals surface area contributed by atoms with Crippen molar-refractivity contribution in [2.24, 2.45) is 23.7 Å². The Labute approximate surface area is 102 Å². The third kappa shape index (κ3) is 1.45. The lowest BCUT2D eigenvalue weighted by Gasteiger charge is -2.31. The Kier molecular flexibility index (Phi) is 2.08. The molecule has 2 bridgehead atoms. The molecule has 0 amide bonds. The van der Waals surface area contributed by atoms with Crippen LogP contribution in [-0.4, -0.2) is 6.10 Å². The third-order valence-corrected chi connectivity index (χ3v) is 4.98. The van der Waals surface area contributed by atoms with Crippen molar-refractivity contribution >= 4 is 0 Å². The largest absolute Gasteiger partial charge is 0.490 e. The monoisotopic (exact) mass is 226 g/mol. The molecule has 1 aromatic rings. The van der Waals surface area contributed by atoms with Crippen LogP contribution in [0.15, 0.2) is 42.5 Å². The van der Waals surface area contributed by atoms with Crippen LogP contribution in [0.2, 0.25) is 0 Å². The van der Waals surface area contributed by atoms with Gasteiger partial charge in [0, 0.05) is 5.92 Å². The Bertz CT molecular complexity index is 436. The van der Waals surface area contributed by atoms with E-state index >= 15 is 0 Å². The number of hydrogen-bond acceptors (Lipinski definition) is 1. The molecule has 0 unspecified atom stereocenters. The van der Waals surface area contributed by atoms with Gasteiger partial charge in [0.2, 0.25) is 0 Å². The normalized spacial score (nSPS) is 41.8. The van der Waals surface area contributed by atoms with Crippen molar-refractivity contribution in [1.29, 1.82) is 0 Å². The number of para-hydroxylation sites is 1. The summed E-state index contributed by atoms with van der Waals surface area (Å²) < 4.78 is 6.18. The van der Waals surface area contributed by atoms with E-state index in [0.717, 1.165) is 29.4 Å². The maximum Gasteiger partial charge on any atom is 0.119 e. The van der Waals surface area contributed by atoms with Crippen molar-refractivity contribution in [3.63, 3.8) is 0 Å². The average Bonchev–Trinajstić information content (AvgIpc) is 3.01. The van der Waals surface area contributed by atoms with Gasteiger partial charge in [-0.05, 0) is 49.1 Å². The van der Waals surface area contributed by atoms with Crippen LogP contribution < -0.4 is 4.74 Å². The van der Waals surface area contributed by atoms with Crippen LogP contribution in [0, 0.1) is 23.7 Å². The van der Waals surface area contributed by atoms with Gasteiger partial charge in [-0.2, -0.15) is 0 Å². The maximum absolute atomic E-state index is 6.18. The van der Waals surface area contributed by atoms with Gasteiger partial charge >= 0.3 is 0 Å². The lowest BCUT2D eigenvalue weighted by atomic mass is 9.80.